The third-order valence-electron chi connectivity index (χ3n) is 3.36. The Bertz CT molecular complexity index is 506. The number of rotatable bonds is 10. The number of hydrogen-bond acceptors (Lipinski definition) is 3. The molecule has 0 amide bonds. The Hall–Kier alpha value is -1.91. The summed E-state index contributed by atoms with van der Waals surface area (Å²) in [5, 5.41) is 0. The van der Waals surface area contributed by atoms with Crippen molar-refractivity contribution < 1.29 is 23.0 Å². The summed E-state index contributed by atoms with van der Waals surface area (Å²) in [6.45, 7) is 4.39. The minimum atomic E-state index is -1.62. The zero-order valence-electron chi connectivity index (χ0n) is 13.7. The summed E-state index contributed by atoms with van der Waals surface area (Å²) < 4.78 is 35.0. The Morgan fingerprint density at radius 1 is 1.04 bits per heavy atom. The molecule has 0 aromatic heterocycles. The standard InChI is InChI=1S/C18H24F2O3/c1-3-4-12-22-16-10-8-15(9-11-16)18(21)23-13-6-5-7-14(2)17(19)20/h8-11H,3-7,12-13H2,1-2H3. The Labute approximate surface area is 136 Å². The third-order valence-corrected chi connectivity index (χ3v) is 3.36. The fraction of sp³-hybridized carbons (Fsp3) is 0.500. The van der Waals surface area contributed by atoms with Crippen molar-refractivity contribution in [1.82, 2.24) is 0 Å². The van der Waals surface area contributed by atoms with Crippen molar-refractivity contribution in [3.8, 4) is 5.75 Å². The molecular formula is C18H24F2O3. The van der Waals surface area contributed by atoms with Gasteiger partial charge in [-0.25, -0.2) is 4.79 Å². The molecule has 0 fully saturated rings. The Morgan fingerprint density at radius 3 is 2.35 bits per heavy atom. The molecule has 0 radical (unpaired) electrons. The summed E-state index contributed by atoms with van der Waals surface area (Å²) in [6, 6.07) is 6.80. The molecule has 0 unspecified atom stereocenters. The van der Waals surface area contributed by atoms with Crippen molar-refractivity contribution in [3.05, 3.63) is 41.5 Å². The highest BCUT2D eigenvalue weighted by Crippen LogP contribution is 2.15. The van der Waals surface area contributed by atoms with Gasteiger partial charge in [0.2, 0.25) is 0 Å². The van der Waals surface area contributed by atoms with E-state index in [0.29, 0.717) is 31.4 Å². The lowest BCUT2D eigenvalue weighted by Gasteiger charge is -2.07. The highest BCUT2D eigenvalue weighted by atomic mass is 19.3. The molecule has 1 rings (SSSR count). The lowest BCUT2D eigenvalue weighted by atomic mass is 10.1. The largest absolute Gasteiger partial charge is 0.494 e. The van der Waals surface area contributed by atoms with Crippen LogP contribution in [0.25, 0.3) is 0 Å². The van der Waals surface area contributed by atoms with Gasteiger partial charge in [0, 0.05) is 0 Å². The zero-order chi connectivity index (χ0) is 17.1. The number of esters is 1. The van der Waals surface area contributed by atoms with Crippen LogP contribution in [0.5, 0.6) is 5.75 Å². The van der Waals surface area contributed by atoms with E-state index in [0.717, 1.165) is 18.6 Å². The molecule has 5 heteroatoms. The van der Waals surface area contributed by atoms with E-state index in [-0.39, 0.29) is 12.2 Å². The average molecular weight is 326 g/mol. The second-order valence-electron chi connectivity index (χ2n) is 5.36. The van der Waals surface area contributed by atoms with Gasteiger partial charge in [0.25, 0.3) is 6.08 Å². The first-order valence-electron chi connectivity index (χ1n) is 7.95. The van der Waals surface area contributed by atoms with E-state index in [2.05, 4.69) is 6.92 Å². The predicted molar refractivity (Wildman–Crippen MR) is 85.9 cm³/mol. The van der Waals surface area contributed by atoms with E-state index in [1.165, 1.54) is 6.92 Å². The van der Waals surface area contributed by atoms with Crippen LogP contribution < -0.4 is 4.74 Å². The molecule has 0 heterocycles. The lowest BCUT2D eigenvalue weighted by molar-refractivity contribution is 0.0498. The van der Waals surface area contributed by atoms with Crippen molar-refractivity contribution in [2.24, 2.45) is 0 Å². The normalized spacial score (nSPS) is 10.3. The van der Waals surface area contributed by atoms with Gasteiger partial charge in [0.1, 0.15) is 5.75 Å². The van der Waals surface area contributed by atoms with Crippen LogP contribution in [-0.2, 0) is 4.74 Å². The monoisotopic (exact) mass is 326 g/mol. The highest BCUT2D eigenvalue weighted by molar-refractivity contribution is 5.89. The molecule has 0 spiro atoms. The van der Waals surface area contributed by atoms with Crippen LogP contribution in [0, 0.1) is 0 Å². The molecule has 0 atom stereocenters. The molecule has 1 aromatic rings. The number of benzene rings is 1. The maximum atomic E-state index is 12.2. The molecule has 0 saturated carbocycles. The van der Waals surface area contributed by atoms with Crippen molar-refractivity contribution in [2.75, 3.05) is 13.2 Å². The number of carbonyl (C=O) groups excluding carboxylic acids is 1. The van der Waals surface area contributed by atoms with E-state index >= 15 is 0 Å². The first-order valence-corrected chi connectivity index (χ1v) is 7.95. The molecule has 0 aliphatic carbocycles. The van der Waals surface area contributed by atoms with Gasteiger partial charge in [0.15, 0.2) is 0 Å². The number of allylic oxidation sites excluding steroid dienone is 1. The Balaban J connectivity index is 2.28. The van der Waals surface area contributed by atoms with Crippen molar-refractivity contribution in [3.63, 3.8) is 0 Å². The van der Waals surface area contributed by atoms with Gasteiger partial charge in [-0.05, 0) is 62.4 Å². The molecule has 128 valence electrons. The Morgan fingerprint density at radius 2 is 1.74 bits per heavy atom. The zero-order valence-corrected chi connectivity index (χ0v) is 13.7. The van der Waals surface area contributed by atoms with Crippen LogP contribution in [0.2, 0.25) is 0 Å². The molecule has 0 saturated heterocycles. The molecule has 0 bridgehead atoms. The summed E-state index contributed by atoms with van der Waals surface area (Å²) >= 11 is 0. The number of unbranched alkanes of at least 4 members (excludes halogenated alkanes) is 2. The first kappa shape index (κ1) is 19.1. The van der Waals surface area contributed by atoms with Crippen LogP contribution in [0.3, 0.4) is 0 Å². The summed E-state index contributed by atoms with van der Waals surface area (Å²) in [5.41, 5.74) is 0.550. The third kappa shape index (κ3) is 7.77. The van der Waals surface area contributed by atoms with E-state index < -0.39 is 12.0 Å². The number of carbonyl (C=O) groups is 1. The molecular weight excluding hydrogens is 302 g/mol. The fourth-order valence-electron chi connectivity index (χ4n) is 1.86. The molecule has 0 aliphatic heterocycles. The van der Waals surface area contributed by atoms with Crippen LogP contribution in [-0.4, -0.2) is 19.2 Å². The maximum Gasteiger partial charge on any atom is 0.338 e. The van der Waals surface area contributed by atoms with Gasteiger partial charge in [-0.3, -0.25) is 0 Å². The SMILES string of the molecule is CCCCOc1ccc(C(=O)OCCCCC(C)=C(F)F)cc1. The number of halogens is 2. The average Bonchev–Trinajstić information content (AvgIpc) is 2.55. The van der Waals surface area contributed by atoms with Gasteiger partial charge >= 0.3 is 5.97 Å². The van der Waals surface area contributed by atoms with Gasteiger partial charge in [-0.1, -0.05) is 13.3 Å². The molecule has 1 aromatic carbocycles. The minimum absolute atomic E-state index is 0.0926. The smallest absolute Gasteiger partial charge is 0.338 e. The van der Waals surface area contributed by atoms with Crippen LogP contribution >= 0.6 is 0 Å². The van der Waals surface area contributed by atoms with Crippen LogP contribution in [0.4, 0.5) is 8.78 Å². The summed E-state index contributed by atoms with van der Waals surface area (Å²) in [7, 11) is 0. The van der Waals surface area contributed by atoms with Crippen LogP contribution in [0.1, 0.15) is 56.3 Å². The van der Waals surface area contributed by atoms with E-state index in [1.54, 1.807) is 24.3 Å². The fourth-order valence-corrected chi connectivity index (χ4v) is 1.86. The second-order valence-corrected chi connectivity index (χ2v) is 5.36. The summed E-state index contributed by atoms with van der Waals surface area (Å²) in [6.07, 6.45) is 1.89. The topological polar surface area (TPSA) is 35.5 Å². The van der Waals surface area contributed by atoms with Crippen molar-refractivity contribution in [1.29, 1.82) is 0 Å². The summed E-state index contributed by atoms with van der Waals surface area (Å²) in [4.78, 5) is 11.8. The summed E-state index contributed by atoms with van der Waals surface area (Å²) in [5.74, 6) is 0.319. The van der Waals surface area contributed by atoms with E-state index in [1.807, 2.05) is 0 Å². The highest BCUT2D eigenvalue weighted by Gasteiger charge is 2.07. The second kappa shape index (κ2) is 10.8. The molecule has 0 N–H and O–H groups in total. The van der Waals surface area contributed by atoms with Gasteiger partial charge in [-0.15, -0.1) is 0 Å². The first-order chi connectivity index (χ1) is 11.0. The number of ether oxygens (including phenoxy) is 2. The van der Waals surface area contributed by atoms with Crippen molar-refractivity contribution in [2.45, 2.75) is 46.0 Å². The van der Waals surface area contributed by atoms with Crippen LogP contribution in [0.15, 0.2) is 35.9 Å². The predicted octanol–water partition coefficient (Wildman–Crippen LogP) is 5.36. The Kier molecular flexibility index (Phi) is 8.95. The van der Waals surface area contributed by atoms with Gasteiger partial charge in [-0.2, -0.15) is 8.78 Å². The van der Waals surface area contributed by atoms with E-state index in [4.69, 9.17) is 9.47 Å². The minimum Gasteiger partial charge on any atom is -0.494 e. The lowest BCUT2D eigenvalue weighted by Crippen LogP contribution is -2.06. The molecule has 3 nitrogen and oxygen atoms in total. The van der Waals surface area contributed by atoms with Crippen molar-refractivity contribution >= 4 is 5.97 Å². The molecule has 23 heavy (non-hydrogen) atoms. The van der Waals surface area contributed by atoms with Gasteiger partial charge < -0.3 is 9.47 Å². The maximum absolute atomic E-state index is 12.2. The molecule has 0 aliphatic rings. The number of hydrogen-bond donors (Lipinski definition) is 0. The van der Waals surface area contributed by atoms with Gasteiger partial charge in [0.05, 0.1) is 18.8 Å². The van der Waals surface area contributed by atoms with E-state index in [9.17, 15) is 13.6 Å². The quantitative estimate of drug-likeness (QED) is 0.429.